The van der Waals surface area contributed by atoms with Crippen LogP contribution in [-0.2, 0) is 16.0 Å². The minimum absolute atomic E-state index is 0.00308. The molecular weight excluding hydrogens is 374 g/mol. The molecule has 3 rings (SSSR count). The second-order valence-corrected chi connectivity index (χ2v) is 6.82. The number of carbonyl (C=O) groups excluding carboxylic acids is 2. The lowest BCUT2D eigenvalue weighted by Crippen LogP contribution is -2.43. The molecule has 0 saturated carbocycles. The number of hydrogen-bond acceptors (Lipinski definition) is 6. The molecule has 0 unspecified atom stereocenters. The Morgan fingerprint density at radius 1 is 1.00 bits per heavy atom. The molecule has 0 saturated heterocycles. The van der Waals surface area contributed by atoms with E-state index in [4.69, 9.17) is 18.9 Å². The van der Waals surface area contributed by atoms with Crippen LogP contribution in [0.25, 0.3) is 0 Å². The summed E-state index contributed by atoms with van der Waals surface area (Å²) in [6.45, 7) is 3.55. The van der Waals surface area contributed by atoms with E-state index in [-0.39, 0.29) is 29.0 Å². The summed E-state index contributed by atoms with van der Waals surface area (Å²) in [4.78, 5) is 27.5. The van der Waals surface area contributed by atoms with Crippen LogP contribution in [0.1, 0.15) is 29.8 Å². The molecule has 7 heteroatoms. The molecule has 2 atom stereocenters. The first-order valence-electron chi connectivity index (χ1n) is 9.33. The van der Waals surface area contributed by atoms with Crippen molar-refractivity contribution in [3.63, 3.8) is 0 Å². The highest BCUT2D eigenvalue weighted by atomic mass is 16.6. The molecule has 2 aromatic carbocycles. The lowest BCUT2D eigenvalue weighted by atomic mass is 10.1. The molecule has 0 bridgehead atoms. The summed E-state index contributed by atoms with van der Waals surface area (Å²) in [7, 11) is 4.37. The van der Waals surface area contributed by atoms with Gasteiger partial charge in [0.05, 0.1) is 21.3 Å². The third-order valence-electron chi connectivity index (χ3n) is 5.00. The fourth-order valence-electron chi connectivity index (χ4n) is 3.63. The van der Waals surface area contributed by atoms with Gasteiger partial charge in [0.15, 0.2) is 17.6 Å². The van der Waals surface area contributed by atoms with Gasteiger partial charge in [-0.05, 0) is 44.0 Å². The molecule has 154 valence electrons. The SMILES string of the molecule is COc1ccc(C(=O)O[C@H](C)C(=O)N2c3ccccc3C[C@@H]2C)c(OC)c1OC. The summed E-state index contributed by atoms with van der Waals surface area (Å²) in [5.41, 5.74) is 2.12. The largest absolute Gasteiger partial charge is 0.493 e. The molecule has 0 aliphatic carbocycles. The number of nitrogens with zero attached hydrogens (tertiary/aromatic N) is 1. The summed E-state index contributed by atoms with van der Waals surface area (Å²) >= 11 is 0. The maximum Gasteiger partial charge on any atom is 0.342 e. The van der Waals surface area contributed by atoms with E-state index in [1.54, 1.807) is 17.9 Å². The van der Waals surface area contributed by atoms with Crippen LogP contribution in [0.15, 0.2) is 36.4 Å². The number of ether oxygens (including phenoxy) is 4. The topological polar surface area (TPSA) is 74.3 Å². The minimum atomic E-state index is -0.964. The molecule has 0 N–H and O–H groups in total. The molecule has 0 spiro atoms. The van der Waals surface area contributed by atoms with Crippen LogP contribution < -0.4 is 19.1 Å². The molecular formula is C22H25NO6. The van der Waals surface area contributed by atoms with Crippen LogP contribution in [0.3, 0.4) is 0 Å². The second kappa shape index (κ2) is 8.43. The van der Waals surface area contributed by atoms with Crippen LogP contribution in [0, 0.1) is 0 Å². The Morgan fingerprint density at radius 3 is 2.34 bits per heavy atom. The van der Waals surface area contributed by atoms with Gasteiger partial charge in [0, 0.05) is 11.7 Å². The quantitative estimate of drug-likeness (QED) is 0.695. The lowest BCUT2D eigenvalue weighted by molar-refractivity contribution is -0.126. The van der Waals surface area contributed by atoms with Crippen LogP contribution in [0.5, 0.6) is 17.2 Å². The standard InChI is InChI=1S/C22H25NO6/c1-13-12-15-8-6-7-9-17(15)23(13)21(24)14(2)29-22(25)16-10-11-18(26-3)20(28-5)19(16)27-4/h6-11,13-14H,12H2,1-5H3/t13-,14+/m0/s1. The van der Waals surface area contributed by atoms with Crippen LogP contribution in [0.4, 0.5) is 5.69 Å². The first-order valence-corrected chi connectivity index (χ1v) is 9.33. The number of anilines is 1. The average Bonchev–Trinajstić information content (AvgIpc) is 3.07. The van der Waals surface area contributed by atoms with E-state index in [9.17, 15) is 9.59 Å². The summed E-state index contributed by atoms with van der Waals surface area (Å²) in [5.74, 6) is -0.0477. The summed E-state index contributed by atoms with van der Waals surface area (Å²) < 4.78 is 21.3. The van der Waals surface area contributed by atoms with Gasteiger partial charge in [-0.25, -0.2) is 4.79 Å². The van der Waals surface area contributed by atoms with Gasteiger partial charge < -0.3 is 23.8 Å². The van der Waals surface area contributed by atoms with Gasteiger partial charge in [-0.2, -0.15) is 0 Å². The van der Waals surface area contributed by atoms with Gasteiger partial charge in [0.2, 0.25) is 5.75 Å². The van der Waals surface area contributed by atoms with Gasteiger partial charge in [-0.3, -0.25) is 4.79 Å². The lowest BCUT2D eigenvalue weighted by Gasteiger charge is -2.26. The summed E-state index contributed by atoms with van der Waals surface area (Å²) in [5, 5.41) is 0. The van der Waals surface area contributed by atoms with E-state index >= 15 is 0 Å². The average molecular weight is 399 g/mol. The molecule has 7 nitrogen and oxygen atoms in total. The van der Waals surface area contributed by atoms with Crippen molar-refractivity contribution in [2.75, 3.05) is 26.2 Å². The molecule has 1 heterocycles. The van der Waals surface area contributed by atoms with Crippen molar-refractivity contribution in [2.45, 2.75) is 32.4 Å². The number of methoxy groups -OCH3 is 3. The molecule has 2 aromatic rings. The Balaban J connectivity index is 1.82. The number of benzene rings is 2. The zero-order valence-corrected chi connectivity index (χ0v) is 17.2. The van der Waals surface area contributed by atoms with Crippen LogP contribution in [-0.4, -0.2) is 45.4 Å². The highest BCUT2D eigenvalue weighted by molar-refractivity contribution is 6.01. The van der Waals surface area contributed by atoms with Crippen LogP contribution in [0.2, 0.25) is 0 Å². The molecule has 0 aromatic heterocycles. The zero-order chi connectivity index (χ0) is 21.1. The Labute approximate surface area is 170 Å². The number of hydrogen-bond donors (Lipinski definition) is 0. The highest BCUT2D eigenvalue weighted by Crippen LogP contribution is 2.40. The highest BCUT2D eigenvalue weighted by Gasteiger charge is 2.35. The van der Waals surface area contributed by atoms with Crippen molar-refractivity contribution in [1.29, 1.82) is 0 Å². The zero-order valence-electron chi connectivity index (χ0n) is 17.2. The smallest absolute Gasteiger partial charge is 0.342 e. The maximum absolute atomic E-state index is 13.0. The van der Waals surface area contributed by atoms with Crippen molar-refractivity contribution in [3.8, 4) is 17.2 Å². The van der Waals surface area contributed by atoms with E-state index in [0.717, 1.165) is 17.7 Å². The Bertz CT molecular complexity index is 926. The third kappa shape index (κ3) is 3.72. The number of para-hydroxylation sites is 1. The van der Waals surface area contributed by atoms with Crippen molar-refractivity contribution in [2.24, 2.45) is 0 Å². The predicted octanol–water partition coefficient (Wildman–Crippen LogP) is 3.24. The Kier molecular flexibility index (Phi) is 5.96. The van der Waals surface area contributed by atoms with E-state index < -0.39 is 12.1 Å². The minimum Gasteiger partial charge on any atom is -0.493 e. The van der Waals surface area contributed by atoms with Crippen molar-refractivity contribution < 1.29 is 28.5 Å². The van der Waals surface area contributed by atoms with Gasteiger partial charge in [-0.15, -0.1) is 0 Å². The number of amides is 1. The van der Waals surface area contributed by atoms with Crippen molar-refractivity contribution in [1.82, 2.24) is 0 Å². The molecule has 1 aliphatic heterocycles. The monoisotopic (exact) mass is 399 g/mol. The normalized spacial score (nSPS) is 16.0. The first-order chi connectivity index (χ1) is 13.9. The number of rotatable bonds is 6. The molecule has 0 fully saturated rings. The summed E-state index contributed by atoms with van der Waals surface area (Å²) in [6.07, 6.45) is -0.194. The van der Waals surface area contributed by atoms with Gasteiger partial charge in [0.1, 0.15) is 5.56 Å². The fraction of sp³-hybridized carbons (Fsp3) is 0.364. The maximum atomic E-state index is 13.0. The number of fused-ring (bicyclic) bond motifs is 1. The third-order valence-corrected chi connectivity index (χ3v) is 5.00. The summed E-state index contributed by atoms with van der Waals surface area (Å²) in [6, 6.07) is 10.9. The Hall–Kier alpha value is -3.22. The first kappa shape index (κ1) is 20.5. The number of esters is 1. The molecule has 1 aliphatic rings. The molecule has 0 radical (unpaired) electrons. The van der Waals surface area contributed by atoms with Gasteiger partial charge in [-0.1, -0.05) is 18.2 Å². The Morgan fingerprint density at radius 2 is 1.69 bits per heavy atom. The molecule has 1 amide bonds. The fourth-order valence-corrected chi connectivity index (χ4v) is 3.63. The molecule has 29 heavy (non-hydrogen) atoms. The van der Waals surface area contributed by atoms with Crippen molar-refractivity contribution in [3.05, 3.63) is 47.5 Å². The van der Waals surface area contributed by atoms with Crippen LogP contribution >= 0.6 is 0 Å². The van der Waals surface area contributed by atoms with E-state index in [1.165, 1.54) is 27.4 Å². The van der Waals surface area contributed by atoms with E-state index in [2.05, 4.69) is 0 Å². The van der Waals surface area contributed by atoms with Gasteiger partial charge in [0.25, 0.3) is 5.91 Å². The number of carbonyl (C=O) groups is 2. The van der Waals surface area contributed by atoms with Gasteiger partial charge >= 0.3 is 5.97 Å². The second-order valence-electron chi connectivity index (χ2n) is 6.82. The van der Waals surface area contributed by atoms with E-state index in [0.29, 0.717) is 5.75 Å². The van der Waals surface area contributed by atoms with E-state index in [1.807, 2.05) is 31.2 Å². The van der Waals surface area contributed by atoms with Crippen molar-refractivity contribution >= 4 is 17.6 Å². The predicted molar refractivity (Wildman–Crippen MR) is 108 cm³/mol.